The molecule has 0 saturated carbocycles. The van der Waals surface area contributed by atoms with E-state index in [-0.39, 0.29) is 28.1 Å². The maximum absolute atomic E-state index is 14.5. The van der Waals surface area contributed by atoms with Crippen molar-refractivity contribution in [2.75, 3.05) is 5.32 Å². The molecule has 0 unspecified atom stereocenters. The molecule has 5 aromatic rings. The van der Waals surface area contributed by atoms with Gasteiger partial charge in [0.2, 0.25) is 0 Å². The summed E-state index contributed by atoms with van der Waals surface area (Å²) in [5, 5.41) is 10.1. The van der Waals surface area contributed by atoms with E-state index in [0.29, 0.717) is 11.6 Å². The van der Waals surface area contributed by atoms with Crippen LogP contribution in [0.15, 0.2) is 72.9 Å². The van der Waals surface area contributed by atoms with Crippen LogP contribution in [0.2, 0.25) is 0 Å². The van der Waals surface area contributed by atoms with E-state index in [1.54, 1.807) is 6.07 Å². The van der Waals surface area contributed by atoms with E-state index in [4.69, 9.17) is 0 Å². The molecule has 0 saturated heterocycles. The van der Waals surface area contributed by atoms with Gasteiger partial charge in [-0.05, 0) is 48.0 Å². The van der Waals surface area contributed by atoms with Gasteiger partial charge in [0.05, 0.1) is 12.2 Å². The quantitative estimate of drug-likeness (QED) is 0.271. The molecule has 0 aliphatic heterocycles. The number of alkyl halides is 5. The number of rotatable bonds is 6. The van der Waals surface area contributed by atoms with Crippen LogP contribution >= 0.6 is 0 Å². The number of halogens is 7. The lowest BCUT2D eigenvalue weighted by atomic mass is 10.1. The van der Waals surface area contributed by atoms with E-state index in [1.807, 2.05) is 0 Å². The van der Waals surface area contributed by atoms with E-state index < -0.39 is 46.7 Å². The molecule has 3 heterocycles. The van der Waals surface area contributed by atoms with E-state index in [2.05, 4.69) is 20.5 Å². The molecule has 5 rings (SSSR count). The third-order valence-electron chi connectivity index (χ3n) is 5.59. The van der Waals surface area contributed by atoms with Crippen molar-refractivity contribution in [2.45, 2.75) is 18.6 Å². The zero-order chi connectivity index (χ0) is 27.9. The second kappa shape index (κ2) is 9.53. The van der Waals surface area contributed by atoms with E-state index in [1.165, 1.54) is 35.1 Å². The zero-order valence-electron chi connectivity index (χ0n) is 19.4. The molecule has 0 aliphatic carbocycles. The fourth-order valence-corrected chi connectivity index (χ4v) is 3.74. The molecule has 14 heteroatoms. The SMILES string of the molecule is O=C(Nc1ccn(Cc2cccc(F)c2)n1)c1cc2nc(-c3ccc(F)cc3)cc(C(F)(F)C(F)(F)F)n2n1. The van der Waals surface area contributed by atoms with Gasteiger partial charge < -0.3 is 5.32 Å². The minimum Gasteiger partial charge on any atom is -0.304 e. The third-order valence-corrected chi connectivity index (χ3v) is 5.59. The Morgan fingerprint density at radius 1 is 0.872 bits per heavy atom. The lowest BCUT2D eigenvalue weighted by molar-refractivity contribution is -0.291. The van der Waals surface area contributed by atoms with Crippen molar-refractivity contribution in [1.82, 2.24) is 24.4 Å². The van der Waals surface area contributed by atoms with Gasteiger partial charge in [0.1, 0.15) is 17.3 Å². The van der Waals surface area contributed by atoms with Gasteiger partial charge in [-0.2, -0.15) is 32.1 Å². The fraction of sp³-hybridized carbons (Fsp3) is 0.120. The number of carbonyl (C=O) groups excluding carboxylic acids is 1. The second-order valence-corrected chi connectivity index (χ2v) is 8.39. The summed E-state index contributed by atoms with van der Waals surface area (Å²) in [7, 11) is 0. The molecule has 0 aliphatic rings. The van der Waals surface area contributed by atoms with Crippen LogP contribution in [0.3, 0.4) is 0 Å². The van der Waals surface area contributed by atoms with Crippen molar-refractivity contribution < 1.29 is 35.5 Å². The molecule has 0 bridgehead atoms. The summed E-state index contributed by atoms with van der Waals surface area (Å²) in [6.07, 6.45) is -4.49. The third kappa shape index (κ3) is 5.17. The lowest BCUT2D eigenvalue weighted by Gasteiger charge is -2.21. The van der Waals surface area contributed by atoms with Crippen molar-refractivity contribution in [3.8, 4) is 11.3 Å². The number of anilines is 1. The Bertz CT molecular complexity index is 1670. The predicted molar refractivity (Wildman–Crippen MR) is 124 cm³/mol. The molecule has 0 atom stereocenters. The standard InChI is InChI=1S/C25H15F7N6O/c26-16-6-4-15(5-7-16)18-11-20(24(28,29)25(30,31)32)38-22(33-18)12-19(35-38)23(39)34-21-8-9-37(36-21)13-14-2-1-3-17(27)10-14/h1-12H,13H2,(H,34,36,39). The molecular formula is C25H15F7N6O. The summed E-state index contributed by atoms with van der Waals surface area (Å²) in [6, 6.07) is 12.9. The summed E-state index contributed by atoms with van der Waals surface area (Å²) in [6.45, 7) is 0.175. The Kier molecular flexibility index (Phi) is 6.32. The number of benzene rings is 2. The molecule has 0 spiro atoms. The molecule has 2 aromatic carbocycles. The Labute approximate surface area is 214 Å². The Hall–Kier alpha value is -4.75. The average Bonchev–Trinajstić information content (AvgIpc) is 3.50. The second-order valence-electron chi connectivity index (χ2n) is 8.39. The first kappa shape index (κ1) is 25.9. The molecule has 200 valence electrons. The summed E-state index contributed by atoms with van der Waals surface area (Å²) in [5.74, 6) is -7.39. The van der Waals surface area contributed by atoms with Crippen molar-refractivity contribution >= 4 is 17.4 Å². The maximum Gasteiger partial charge on any atom is 0.459 e. The van der Waals surface area contributed by atoms with Crippen LogP contribution in [-0.4, -0.2) is 36.5 Å². The molecule has 3 aromatic heterocycles. The van der Waals surface area contributed by atoms with Crippen LogP contribution < -0.4 is 5.32 Å². The lowest BCUT2D eigenvalue weighted by Crippen LogP contribution is -2.36. The minimum atomic E-state index is -5.98. The van der Waals surface area contributed by atoms with Crippen LogP contribution in [-0.2, 0) is 12.5 Å². The van der Waals surface area contributed by atoms with E-state index >= 15 is 0 Å². The zero-order valence-corrected chi connectivity index (χ0v) is 19.4. The number of fused-ring (bicyclic) bond motifs is 1. The van der Waals surface area contributed by atoms with Gasteiger partial charge in [-0.3, -0.25) is 9.48 Å². The summed E-state index contributed by atoms with van der Waals surface area (Å²) >= 11 is 0. The maximum atomic E-state index is 14.5. The van der Waals surface area contributed by atoms with Crippen molar-refractivity contribution in [3.63, 3.8) is 0 Å². The summed E-state index contributed by atoms with van der Waals surface area (Å²) in [4.78, 5) is 16.8. The van der Waals surface area contributed by atoms with Crippen molar-refractivity contribution in [2.24, 2.45) is 0 Å². The van der Waals surface area contributed by atoms with Gasteiger partial charge in [0.15, 0.2) is 17.2 Å². The van der Waals surface area contributed by atoms with Crippen LogP contribution in [0.1, 0.15) is 21.7 Å². The molecule has 0 fully saturated rings. The van der Waals surface area contributed by atoms with Crippen LogP contribution in [0.5, 0.6) is 0 Å². The Morgan fingerprint density at radius 3 is 2.31 bits per heavy atom. The van der Waals surface area contributed by atoms with Gasteiger partial charge in [0, 0.05) is 23.9 Å². The first-order valence-corrected chi connectivity index (χ1v) is 11.1. The highest BCUT2D eigenvalue weighted by Gasteiger charge is 2.60. The Balaban J connectivity index is 1.48. The first-order valence-electron chi connectivity index (χ1n) is 11.1. The van der Waals surface area contributed by atoms with E-state index in [0.717, 1.165) is 30.3 Å². The van der Waals surface area contributed by atoms with Gasteiger partial charge >= 0.3 is 12.1 Å². The number of carbonyl (C=O) groups is 1. The fourth-order valence-electron chi connectivity index (χ4n) is 3.74. The first-order chi connectivity index (χ1) is 18.4. The monoisotopic (exact) mass is 548 g/mol. The highest BCUT2D eigenvalue weighted by atomic mass is 19.4. The smallest absolute Gasteiger partial charge is 0.304 e. The molecule has 0 radical (unpaired) electrons. The molecule has 1 N–H and O–H groups in total. The number of hydrogen-bond donors (Lipinski definition) is 1. The molecule has 7 nitrogen and oxygen atoms in total. The van der Waals surface area contributed by atoms with Gasteiger partial charge in [0.25, 0.3) is 5.91 Å². The summed E-state index contributed by atoms with van der Waals surface area (Å²) in [5.41, 5.74) is -2.23. The van der Waals surface area contributed by atoms with Crippen LogP contribution in [0.25, 0.3) is 16.9 Å². The minimum absolute atomic E-state index is 0.0225. The number of amides is 1. The molecule has 1 amide bonds. The normalized spacial score (nSPS) is 12.2. The topological polar surface area (TPSA) is 77.1 Å². The van der Waals surface area contributed by atoms with Gasteiger partial charge in [-0.15, -0.1) is 0 Å². The summed E-state index contributed by atoms with van der Waals surface area (Å²) < 4.78 is 97.2. The molecule has 39 heavy (non-hydrogen) atoms. The average molecular weight is 548 g/mol. The largest absolute Gasteiger partial charge is 0.459 e. The van der Waals surface area contributed by atoms with Crippen LogP contribution in [0, 0.1) is 11.6 Å². The number of nitrogens with zero attached hydrogens (tertiary/aromatic N) is 5. The number of nitrogens with one attached hydrogen (secondary N) is 1. The number of hydrogen-bond acceptors (Lipinski definition) is 4. The van der Waals surface area contributed by atoms with Gasteiger partial charge in [-0.25, -0.2) is 18.3 Å². The van der Waals surface area contributed by atoms with Crippen molar-refractivity contribution in [3.05, 3.63) is 102 Å². The number of aromatic nitrogens is 5. The highest BCUT2D eigenvalue weighted by molar-refractivity contribution is 6.03. The van der Waals surface area contributed by atoms with Crippen molar-refractivity contribution in [1.29, 1.82) is 0 Å². The van der Waals surface area contributed by atoms with Gasteiger partial charge in [-0.1, -0.05) is 12.1 Å². The predicted octanol–water partition coefficient (Wildman–Crippen LogP) is 5.83. The van der Waals surface area contributed by atoms with E-state index in [9.17, 15) is 35.5 Å². The van der Waals surface area contributed by atoms with Crippen LogP contribution in [0.4, 0.5) is 36.6 Å². The Morgan fingerprint density at radius 2 is 1.62 bits per heavy atom. The highest BCUT2D eigenvalue weighted by Crippen LogP contribution is 2.44. The molecular weight excluding hydrogens is 533 g/mol.